The Bertz CT molecular complexity index is 538. The van der Waals surface area contributed by atoms with Gasteiger partial charge in [0.05, 0.1) is 0 Å². The molecule has 0 bridgehead atoms. The molecule has 3 heteroatoms. The maximum absolute atomic E-state index is 4.60. The fourth-order valence-corrected chi connectivity index (χ4v) is 3.11. The van der Waals surface area contributed by atoms with E-state index in [0.717, 1.165) is 19.6 Å². The predicted molar refractivity (Wildman–Crippen MR) is 79.5 cm³/mol. The molecule has 0 atom stereocenters. The molecule has 2 aromatic heterocycles. The number of aryl methyl sites for hydroxylation is 1. The highest BCUT2D eigenvalue weighted by molar-refractivity contribution is 5.81. The number of unbranched alkanes of at least 4 members (excludes halogenated alkanes) is 1. The third-order valence-corrected chi connectivity index (χ3v) is 4.20. The van der Waals surface area contributed by atoms with Gasteiger partial charge in [-0.2, -0.15) is 0 Å². The van der Waals surface area contributed by atoms with E-state index in [-0.39, 0.29) is 0 Å². The molecule has 0 radical (unpaired) electrons. The van der Waals surface area contributed by atoms with E-state index < -0.39 is 0 Å². The fourth-order valence-electron chi connectivity index (χ4n) is 3.11. The molecule has 102 valence electrons. The van der Waals surface area contributed by atoms with Crippen LogP contribution < -0.4 is 5.32 Å². The van der Waals surface area contributed by atoms with Crippen LogP contribution in [0.5, 0.6) is 0 Å². The van der Waals surface area contributed by atoms with Crippen LogP contribution in [-0.2, 0) is 6.54 Å². The second-order valence-corrected chi connectivity index (χ2v) is 5.53. The van der Waals surface area contributed by atoms with Crippen LogP contribution in [0.3, 0.4) is 0 Å². The molecule has 0 unspecified atom stereocenters. The lowest BCUT2D eigenvalue weighted by molar-refractivity contribution is 0.461. The predicted octanol–water partition coefficient (Wildman–Crippen LogP) is 3.30. The quantitative estimate of drug-likeness (QED) is 0.910. The first-order chi connectivity index (χ1) is 9.40. The molecule has 1 fully saturated rings. The highest BCUT2D eigenvalue weighted by atomic mass is 15.0. The molecule has 3 nitrogen and oxygen atoms in total. The number of fused-ring (bicyclic) bond motifs is 1. The summed E-state index contributed by atoms with van der Waals surface area (Å²) in [6, 6.07) is 4.30. The summed E-state index contributed by atoms with van der Waals surface area (Å²) in [7, 11) is 0. The molecule has 3 heterocycles. The number of nitrogens with zero attached hydrogens (tertiary/aromatic N) is 2. The summed E-state index contributed by atoms with van der Waals surface area (Å²) in [6.07, 6.45) is 9.24. The second-order valence-electron chi connectivity index (χ2n) is 5.53. The van der Waals surface area contributed by atoms with Crippen LogP contribution in [-0.4, -0.2) is 22.6 Å². The van der Waals surface area contributed by atoms with Crippen molar-refractivity contribution in [1.82, 2.24) is 14.9 Å². The molecule has 1 N–H and O–H groups in total. The Balaban J connectivity index is 1.98. The van der Waals surface area contributed by atoms with Gasteiger partial charge in [0.2, 0.25) is 0 Å². The Morgan fingerprint density at radius 1 is 1.37 bits per heavy atom. The van der Waals surface area contributed by atoms with Crippen molar-refractivity contribution in [2.75, 3.05) is 13.1 Å². The largest absolute Gasteiger partial charge is 0.332 e. The van der Waals surface area contributed by atoms with Crippen molar-refractivity contribution in [3.8, 4) is 0 Å². The van der Waals surface area contributed by atoms with Crippen molar-refractivity contribution in [2.24, 2.45) is 0 Å². The molecule has 0 aromatic carbocycles. The highest BCUT2D eigenvalue weighted by Gasteiger charge is 2.20. The van der Waals surface area contributed by atoms with Gasteiger partial charge in [-0.15, -0.1) is 0 Å². The fraction of sp³-hybridized carbons (Fsp3) is 0.562. The third kappa shape index (κ3) is 2.52. The number of hydrogen-bond acceptors (Lipinski definition) is 2. The molecular formula is C16H23N3. The molecule has 2 aromatic rings. The Morgan fingerprint density at radius 2 is 2.21 bits per heavy atom. The van der Waals surface area contributed by atoms with E-state index in [2.05, 4.69) is 40.1 Å². The summed E-state index contributed by atoms with van der Waals surface area (Å²) in [5.74, 6) is 0.704. The van der Waals surface area contributed by atoms with E-state index in [9.17, 15) is 0 Å². The Labute approximate surface area is 115 Å². The van der Waals surface area contributed by atoms with E-state index in [1.807, 2.05) is 6.20 Å². The zero-order valence-corrected chi connectivity index (χ0v) is 11.7. The zero-order valence-electron chi connectivity index (χ0n) is 11.7. The summed E-state index contributed by atoms with van der Waals surface area (Å²) >= 11 is 0. The molecule has 1 aliphatic heterocycles. The average molecular weight is 257 g/mol. The minimum Gasteiger partial charge on any atom is -0.332 e. The monoisotopic (exact) mass is 257 g/mol. The molecule has 19 heavy (non-hydrogen) atoms. The van der Waals surface area contributed by atoms with E-state index in [0.29, 0.717) is 5.92 Å². The maximum Gasteiger partial charge on any atom is 0.140 e. The van der Waals surface area contributed by atoms with Gasteiger partial charge in [-0.25, -0.2) is 4.98 Å². The van der Waals surface area contributed by atoms with Crippen molar-refractivity contribution in [1.29, 1.82) is 0 Å². The van der Waals surface area contributed by atoms with Gasteiger partial charge in [-0.3, -0.25) is 0 Å². The van der Waals surface area contributed by atoms with Gasteiger partial charge >= 0.3 is 0 Å². The van der Waals surface area contributed by atoms with Crippen molar-refractivity contribution in [3.05, 3.63) is 30.1 Å². The molecule has 0 spiro atoms. The minimum atomic E-state index is 0.704. The minimum absolute atomic E-state index is 0.704. The smallest absolute Gasteiger partial charge is 0.140 e. The van der Waals surface area contributed by atoms with Crippen LogP contribution in [0.4, 0.5) is 0 Å². The number of aromatic nitrogens is 2. The number of rotatable bonds is 4. The van der Waals surface area contributed by atoms with Crippen LogP contribution in [0.2, 0.25) is 0 Å². The Hall–Kier alpha value is -1.35. The van der Waals surface area contributed by atoms with Gasteiger partial charge in [-0.05, 0) is 56.0 Å². The SMILES string of the molecule is CCCCn1cc(C2CCNCC2)c2cccnc21. The molecule has 1 aliphatic rings. The van der Waals surface area contributed by atoms with Crippen LogP contribution in [0, 0.1) is 0 Å². The van der Waals surface area contributed by atoms with Gasteiger partial charge < -0.3 is 9.88 Å². The van der Waals surface area contributed by atoms with E-state index >= 15 is 0 Å². The normalized spacial score (nSPS) is 17.1. The van der Waals surface area contributed by atoms with Gasteiger partial charge in [0, 0.05) is 24.3 Å². The zero-order chi connectivity index (χ0) is 13.1. The van der Waals surface area contributed by atoms with Gasteiger partial charge in [0.1, 0.15) is 5.65 Å². The summed E-state index contributed by atoms with van der Waals surface area (Å²) in [5, 5.41) is 4.82. The lowest BCUT2D eigenvalue weighted by Crippen LogP contribution is -2.26. The highest BCUT2D eigenvalue weighted by Crippen LogP contribution is 2.32. The van der Waals surface area contributed by atoms with Crippen molar-refractivity contribution < 1.29 is 0 Å². The molecule has 0 amide bonds. The maximum atomic E-state index is 4.60. The van der Waals surface area contributed by atoms with Crippen molar-refractivity contribution in [2.45, 2.75) is 45.1 Å². The van der Waals surface area contributed by atoms with Gasteiger partial charge in [-0.1, -0.05) is 13.3 Å². The standard InChI is InChI=1S/C16H23N3/c1-2-3-11-19-12-15(13-6-9-17-10-7-13)14-5-4-8-18-16(14)19/h4-5,8,12-13,17H,2-3,6-7,9-11H2,1H3. The van der Waals surface area contributed by atoms with Crippen LogP contribution >= 0.6 is 0 Å². The van der Waals surface area contributed by atoms with Crippen molar-refractivity contribution in [3.63, 3.8) is 0 Å². The molecule has 3 rings (SSSR count). The van der Waals surface area contributed by atoms with Crippen LogP contribution in [0.25, 0.3) is 11.0 Å². The van der Waals surface area contributed by atoms with E-state index in [1.54, 1.807) is 0 Å². The first kappa shape index (κ1) is 12.7. The van der Waals surface area contributed by atoms with E-state index in [4.69, 9.17) is 0 Å². The first-order valence-corrected chi connectivity index (χ1v) is 7.54. The lowest BCUT2D eigenvalue weighted by Gasteiger charge is -2.22. The van der Waals surface area contributed by atoms with Crippen LogP contribution in [0.15, 0.2) is 24.5 Å². The Kier molecular flexibility index (Phi) is 3.83. The average Bonchev–Trinajstić information content (AvgIpc) is 2.85. The number of hydrogen-bond donors (Lipinski definition) is 1. The van der Waals surface area contributed by atoms with Crippen molar-refractivity contribution >= 4 is 11.0 Å². The number of pyridine rings is 1. The number of nitrogens with one attached hydrogen (secondary N) is 1. The summed E-state index contributed by atoms with van der Waals surface area (Å²) in [6.45, 7) is 5.63. The summed E-state index contributed by atoms with van der Waals surface area (Å²) in [5.41, 5.74) is 2.69. The third-order valence-electron chi connectivity index (χ3n) is 4.20. The molecule has 0 saturated carbocycles. The molecular weight excluding hydrogens is 234 g/mol. The summed E-state index contributed by atoms with van der Waals surface area (Å²) in [4.78, 5) is 4.60. The Morgan fingerprint density at radius 3 is 3.00 bits per heavy atom. The first-order valence-electron chi connectivity index (χ1n) is 7.54. The lowest BCUT2D eigenvalue weighted by atomic mass is 9.90. The van der Waals surface area contributed by atoms with Gasteiger partial charge in [0.15, 0.2) is 0 Å². The molecule has 1 saturated heterocycles. The number of piperidine rings is 1. The molecule has 0 aliphatic carbocycles. The topological polar surface area (TPSA) is 29.9 Å². The van der Waals surface area contributed by atoms with Crippen LogP contribution in [0.1, 0.15) is 44.1 Å². The van der Waals surface area contributed by atoms with E-state index in [1.165, 1.54) is 42.3 Å². The second kappa shape index (κ2) is 5.74. The van der Waals surface area contributed by atoms with Gasteiger partial charge in [0.25, 0.3) is 0 Å². The summed E-state index contributed by atoms with van der Waals surface area (Å²) < 4.78 is 2.36.